The Kier molecular flexibility index (Phi) is 3.53. The number of hydrogen-bond donors (Lipinski definition) is 2. The predicted octanol–water partition coefficient (Wildman–Crippen LogP) is 1.43. The Bertz CT molecular complexity index is 208. The van der Waals surface area contributed by atoms with Gasteiger partial charge in [0.25, 0.3) is 0 Å². The zero-order valence-electron chi connectivity index (χ0n) is 9.68. The van der Waals surface area contributed by atoms with Crippen molar-refractivity contribution in [1.82, 2.24) is 10.6 Å². The van der Waals surface area contributed by atoms with Crippen LogP contribution in [0, 0.1) is 0 Å². The molecule has 0 aromatic rings. The summed E-state index contributed by atoms with van der Waals surface area (Å²) in [5.74, 6) is 0.143. The van der Waals surface area contributed by atoms with Crippen LogP contribution in [0.1, 0.15) is 47.0 Å². The molecule has 14 heavy (non-hydrogen) atoms. The van der Waals surface area contributed by atoms with Gasteiger partial charge >= 0.3 is 0 Å². The van der Waals surface area contributed by atoms with Crippen LogP contribution in [0.3, 0.4) is 0 Å². The molecule has 0 radical (unpaired) electrons. The van der Waals surface area contributed by atoms with E-state index in [-0.39, 0.29) is 17.5 Å². The topological polar surface area (TPSA) is 41.1 Å². The lowest BCUT2D eigenvalue weighted by molar-refractivity contribution is -0.125. The monoisotopic (exact) mass is 198 g/mol. The minimum Gasteiger partial charge on any atom is -0.350 e. The van der Waals surface area contributed by atoms with Gasteiger partial charge in [-0.2, -0.15) is 0 Å². The maximum Gasteiger partial charge on any atom is 0.237 e. The van der Waals surface area contributed by atoms with Gasteiger partial charge in [0.2, 0.25) is 5.91 Å². The first-order chi connectivity index (χ1) is 6.38. The van der Waals surface area contributed by atoms with E-state index < -0.39 is 0 Å². The summed E-state index contributed by atoms with van der Waals surface area (Å²) < 4.78 is 0. The summed E-state index contributed by atoms with van der Waals surface area (Å²) in [6.45, 7) is 8.17. The van der Waals surface area contributed by atoms with E-state index in [1.54, 1.807) is 0 Å². The molecule has 1 heterocycles. The second-order valence-corrected chi connectivity index (χ2v) is 5.29. The average molecular weight is 198 g/mol. The van der Waals surface area contributed by atoms with Crippen LogP contribution in [0.5, 0.6) is 0 Å². The fourth-order valence-electron chi connectivity index (χ4n) is 1.80. The summed E-state index contributed by atoms with van der Waals surface area (Å²) in [5.41, 5.74) is -0.126. The van der Waals surface area contributed by atoms with Crippen LogP contribution >= 0.6 is 0 Å². The average Bonchev–Trinajstić information content (AvgIpc) is 2.01. The smallest absolute Gasteiger partial charge is 0.237 e. The van der Waals surface area contributed by atoms with Crippen molar-refractivity contribution in [2.45, 2.75) is 64.6 Å². The standard InChI is InChI=1S/C11H22N2O/c1-8-6-5-7-9(12-8)10(14)13-11(2,3)4/h8-9,12H,5-7H2,1-4H3,(H,13,14). The summed E-state index contributed by atoms with van der Waals surface area (Å²) in [6, 6.07) is 0.484. The highest BCUT2D eigenvalue weighted by Gasteiger charge is 2.26. The first kappa shape index (κ1) is 11.5. The molecule has 1 aliphatic heterocycles. The fraction of sp³-hybridized carbons (Fsp3) is 0.909. The number of rotatable bonds is 1. The fourth-order valence-corrected chi connectivity index (χ4v) is 1.80. The molecule has 1 rings (SSSR count). The SMILES string of the molecule is CC1CCCC(C(=O)NC(C)(C)C)N1. The highest BCUT2D eigenvalue weighted by molar-refractivity contribution is 5.82. The van der Waals surface area contributed by atoms with E-state index in [0.717, 1.165) is 12.8 Å². The van der Waals surface area contributed by atoms with E-state index in [1.807, 2.05) is 20.8 Å². The predicted molar refractivity (Wildman–Crippen MR) is 58.1 cm³/mol. The van der Waals surface area contributed by atoms with E-state index in [2.05, 4.69) is 17.6 Å². The normalized spacial score (nSPS) is 28.6. The molecule has 1 aliphatic rings. The van der Waals surface area contributed by atoms with Gasteiger partial charge in [0.1, 0.15) is 0 Å². The van der Waals surface area contributed by atoms with Crippen LogP contribution in [0.4, 0.5) is 0 Å². The molecule has 82 valence electrons. The number of hydrogen-bond acceptors (Lipinski definition) is 2. The molecule has 2 atom stereocenters. The molecule has 3 heteroatoms. The van der Waals surface area contributed by atoms with E-state index in [0.29, 0.717) is 6.04 Å². The van der Waals surface area contributed by atoms with Gasteiger partial charge in [-0.1, -0.05) is 0 Å². The van der Waals surface area contributed by atoms with Crippen LogP contribution in [0.15, 0.2) is 0 Å². The first-order valence-electron chi connectivity index (χ1n) is 5.46. The summed E-state index contributed by atoms with van der Waals surface area (Å²) in [5, 5.41) is 6.33. The first-order valence-corrected chi connectivity index (χ1v) is 5.46. The van der Waals surface area contributed by atoms with Gasteiger partial charge < -0.3 is 10.6 Å². The lowest BCUT2D eigenvalue weighted by Crippen LogP contribution is -2.54. The number of carbonyl (C=O) groups excluding carboxylic acids is 1. The minimum atomic E-state index is -0.126. The van der Waals surface area contributed by atoms with Gasteiger partial charge in [0, 0.05) is 11.6 Å². The summed E-state index contributed by atoms with van der Waals surface area (Å²) in [6.07, 6.45) is 3.29. The molecule has 2 N–H and O–H groups in total. The van der Waals surface area contributed by atoms with Crippen LogP contribution in [-0.4, -0.2) is 23.5 Å². The van der Waals surface area contributed by atoms with Gasteiger partial charge in [-0.05, 0) is 47.0 Å². The van der Waals surface area contributed by atoms with Crippen molar-refractivity contribution in [2.75, 3.05) is 0 Å². The Labute approximate surface area is 86.6 Å². The lowest BCUT2D eigenvalue weighted by Gasteiger charge is -2.30. The molecular formula is C11H22N2O. The highest BCUT2D eigenvalue weighted by atomic mass is 16.2. The van der Waals surface area contributed by atoms with E-state index in [4.69, 9.17) is 0 Å². The molecule has 0 aliphatic carbocycles. The van der Waals surface area contributed by atoms with Gasteiger partial charge in [-0.3, -0.25) is 4.79 Å². The van der Waals surface area contributed by atoms with Crippen molar-refractivity contribution < 1.29 is 4.79 Å². The van der Waals surface area contributed by atoms with Crippen molar-refractivity contribution in [3.8, 4) is 0 Å². The van der Waals surface area contributed by atoms with Crippen LogP contribution in [0.2, 0.25) is 0 Å². The van der Waals surface area contributed by atoms with Crippen molar-refractivity contribution in [3.05, 3.63) is 0 Å². The summed E-state index contributed by atoms with van der Waals surface area (Å²) in [7, 11) is 0. The molecule has 0 saturated carbocycles. The molecule has 0 bridgehead atoms. The third-order valence-corrected chi connectivity index (χ3v) is 2.43. The van der Waals surface area contributed by atoms with Crippen molar-refractivity contribution in [2.24, 2.45) is 0 Å². The van der Waals surface area contributed by atoms with Crippen molar-refractivity contribution in [3.63, 3.8) is 0 Å². The Hall–Kier alpha value is -0.570. The van der Waals surface area contributed by atoms with E-state index in [9.17, 15) is 4.79 Å². The maximum absolute atomic E-state index is 11.8. The van der Waals surface area contributed by atoms with Gasteiger partial charge in [0.05, 0.1) is 6.04 Å². The Morgan fingerprint density at radius 3 is 2.50 bits per heavy atom. The molecule has 0 aromatic heterocycles. The highest BCUT2D eigenvalue weighted by Crippen LogP contribution is 2.13. The summed E-state index contributed by atoms with van der Waals surface area (Å²) in [4.78, 5) is 11.8. The Morgan fingerprint density at radius 1 is 1.36 bits per heavy atom. The van der Waals surface area contributed by atoms with Crippen molar-refractivity contribution >= 4 is 5.91 Å². The molecular weight excluding hydrogens is 176 g/mol. The molecule has 1 fully saturated rings. The lowest BCUT2D eigenvalue weighted by atomic mass is 9.98. The number of amides is 1. The largest absolute Gasteiger partial charge is 0.350 e. The zero-order chi connectivity index (χ0) is 10.8. The van der Waals surface area contributed by atoms with E-state index in [1.165, 1.54) is 6.42 Å². The zero-order valence-corrected chi connectivity index (χ0v) is 9.68. The number of carbonyl (C=O) groups is 1. The molecule has 1 saturated heterocycles. The molecule has 0 spiro atoms. The number of nitrogens with one attached hydrogen (secondary N) is 2. The third-order valence-electron chi connectivity index (χ3n) is 2.43. The van der Waals surface area contributed by atoms with Crippen LogP contribution < -0.4 is 10.6 Å². The molecule has 1 amide bonds. The van der Waals surface area contributed by atoms with E-state index >= 15 is 0 Å². The summed E-state index contributed by atoms with van der Waals surface area (Å²) >= 11 is 0. The second kappa shape index (κ2) is 4.30. The van der Waals surface area contributed by atoms with Gasteiger partial charge in [-0.15, -0.1) is 0 Å². The second-order valence-electron chi connectivity index (χ2n) is 5.29. The quantitative estimate of drug-likeness (QED) is 0.669. The number of piperidine rings is 1. The van der Waals surface area contributed by atoms with Crippen LogP contribution in [-0.2, 0) is 4.79 Å². The Morgan fingerprint density at radius 2 is 2.00 bits per heavy atom. The molecule has 2 unspecified atom stereocenters. The van der Waals surface area contributed by atoms with Gasteiger partial charge in [0.15, 0.2) is 0 Å². The van der Waals surface area contributed by atoms with Crippen LogP contribution in [0.25, 0.3) is 0 Å². The molecule has 0 aromatic carbocycles. The minimum absolute atomic E-state index is 0.0120. The molecule has 3 nitrogen and oxygen atoms in total. The van der Waals surface area contributed by atoms with Gasteiger partial charge in [-0.25, -0.2) is 0 Å². The third kappa shape index (κ3) is 3.66. The Balaban J connectivity index is 2.44. The maximum atomic E-state index is 11.8. The van der Waals surface area contributed by atoms with Crippen molar-refractivity contribution in [1.29, 1.82) is 0 Å².